The normalized spacial score (nSPS) is 11.9. The van der Waals surface area contributed by atoms with E-state index in [1.54, 1.807) is 11.0 Å². The molecule has 0 bridgehead atoms. The third-order valence-electron chi connectivity index (χ3n) is 1.60. The van der Waals surface area contributed by atoms with E-state index in [1.165, 1.54) is 0 Å². The van der Waals surface area contributed by atoms with Crippen LogP contribution < -0.4 is 5.73 Å². The highest BCUT2D eigenvalue weighted by molar-refractivity contribution is 4.95. The third-order valence-corrected chi connectivity index (χ3v) is 1.60. The van der Waals surface area contributed by atoms with Crippen molar-refractivity contribution in [3.8, 4) is 11.8 Å². The average molecular weight is 178 g/mol. The molecule has 1 unspecified atom stereocenters. The molecule has 4 heteroatoms. The van der Waals surface area contributed by atoms with Gasteiger partial charge in [0.1, 0.15) is 6.33 Å². The van der Waals surface area contributed by atoms with Gasteiger partial charge in [0.25, 0.3) is 0 Å². The Morgan fingerprint density at radius 2 is 2.46 bits per heavy atom. The zero-order valence-corrected chi connectivity index (χ0v) is 7.99. The lowest BCUT2D eigenvalue weighted by Gasteiger charge is -1.96. The molecule has 13 heavy (non-hydrogen) atoms. The molecular formula is C9H14N4. The zero-order valence-electron chi connectivity index (χ0n) is 7.99. The summed E-state index contributed by atoms with van der Waals surface area (Å²) in [4.78, 5) is 4.07. The summed E-state index contributed by atoms with van der Waals surface area (Å²) in [6, 6.07) is -0.0986. The summed E-state index contributed by atoms with van der Waals surface area (Å²) < 4.78 is 1.77. The SMILES string of the molecule is CC#CCCn1cnc(C(C)N)n1. The summed E-state index contributed by atoms with van der Waals surface area (Å²) in [5.41, 5.74) is 5.62. The lowest BCUT2D eigenvalue weighted by molar-refractivity contribution is 0.607. The Morgan fingerprint density at radius 1 is 1.69 bits per heavy atom. The van der Waals surface area contributed by atoms with Crippen molar-refractivity contribution in [2.24, 2.45) is 5.73 Å². The van der Waals surface area contributed by atoms with Gasteiger partial charge in [0, 0.05) is 6.42 Å². The van der Waals surface area contributed by atoms with E-state index in [1.807, 2.05) is 13.8 Å². The maximum absolute atomic E-state index is 5.62. The van der Waals surface area contributed by atoms with E-state index in [4.69, 9.17) is 5.73 Å². The first kappa shape index (κ1) is 9.75. The van der Waals surface area contributed by atoms with Crippen molar-refractivity contribution in [1.29, 1.82) is 0 Å². The first-order chi connectivity index (χ1) is 6.24. The van der Waals surface area contributed by atoms with Gasteiger partial charge in [-0.3, -0.25) is 4.68 Å². The molecular weight excluding hydrogens is 164 g/mol. The number of nitrogens with two attached hydrogens (primary N) is 1. The molecule has 0 aliphatic heterocycles. The third kappa shape index (κ3) is 2.88. The van der Waals surface area contributed by atoms with Gasteiger partial charge in [0.2, 0.25) is 0 Å². The summed E-state index contributed by atoms with van der Waals surface area (Å²) in [5.74, 6) is 6.48. The minimum atomic E-state index is -0.0986. The molecule has 70 valence electrons. The lowest BCUT2D eigenvalue weighted by atomic mass is 10.3. The molecule has 0 amide bonds. The quantitative estimate of drug-likeness (QED) is 0.693. The molecule has 1 atom stereocenters. The average Bonchev–Trinajstić information content (AvgIpc) is 2.53. The highest BCUT2D eigenvalue weighted by Gasteiger charge is 2.04. The standard InChI is InChI=1S/C9H14N4/c1-3-4-5-6-13-7-11-9(12-13)8(2)10/h7-8H,5-6,10H2,1-2H3. The molecule has 2 N–H and O–H groups in total. The van der Waals surface area contributed by atoms with Crippen LogP contribution >= 0.6 is 0 Å². The molecule has 0 fully saturated rings. The van der Waals surface area contributed by atoms with Gasteiger partial charge in [-0.05, 0) is 13.8 Å². The van der Waals surface area contributed by atoms with Gasteiger partial charge in [-0.25, -0.2) is 4.98 Å². The molecule has 0 saturated heterocycles. The number of hydrogen-bond donors (Lipinski definition) is 1. The van der Waals surface area contributed by atoms with Crippen molar-refractivity contribution >= 4 is 0 Å². The maximum Gasteiger partial charge on any atom is 0.166 e. The van der Waals surface area contributed by atoms with Crippen LogP contribution in [0.2, 0.25) is 0 Å². The van der Waals surface area contributed by atoms with Crippen LogP contribution in [-0.2, 0) is 6.54 Å². The van der Waals surface area contributed by atoms with Crippen molar-refractivity contribution in [3.63, 3.8) is 0 Å². The largest absolute Gasteiger partial charge is 0.321 e. The number of aryl methyl sites for hydroxylation is 1. The Morgan fingerprint density at radius 3 is 3.00 bits per heavy atom. The summed E-state index contributed by atoms with van der Waals surface area (Å²) in [5, 5.41) is 4.19. The smallest absolute Gasteiger partial charge is 0.166 e. The highest BCUT2D eigenvalue weighted by Crippen LogP contribution is 2.00. The monoisotopic (exact) mass is 178 g/mol. The van der Waals surface area contributed by atoms with E-state index >= 15 is 0 Å². The molecule has 1 heterocycles. The van der Waals surface area contributed by atoms with E-state index in [2.05, 4.69) is 21.9 Å². The molecule has 1 aromatic heterocycles. The molecule has 0 saturated carbocycles. The summed E-state index contributed by atoms with van der Waals surface area (Å²) >= 11 is 0. The minimum absolute atomic E-state index is 0.0986. The Hall–Kier alpha value is -1.34. The molecule has 4 nitrogen and oxygen atoms in total. The highest BCUT2D eigenvalue weighted by atomic mass is 15.3. The fourth-order valence-electron chi connectivity index (χ4n) is 0.921. The van der Waals surface area contributed by atoms with Gasteiger partial charge in [-0.15, -0.1) is 11.8 Å². The molecule has 1 rings (SSSR count). The van der Waals surface area contributed by atoms with Crippen molar-refractivity contribution in [2.45, 2.75) is 32.9 Å². The maximum atomic E-state index is 5.62. The fourth-order valence-corrected chi connectivity index (χ4v) is 0.921. The second kappa shape index (κ2) is 4.63. The predicted octanol–water partition coefficient (Wildman–Crippen LogP) is 0.711. The van der Waals surface area contributed by atoms with Crippen molar-refractivity contribution in [2.75, 3.05) is 0 Å². The Kier molecular flexibility index (Phi) is 3.47. The number of nitrogens with zero attached hydrogens (tertiary/aromatic N) is 3. The van der Waals surface area contributed by atoms with Crippen LogP contribution in [0.15, 0.2) is 6.33 Å². The van der Waals surface area contributed by atoms with Crippen LogP contribution in [-0.4, -0.2) is 14.8 Å². The van der Waals surface area contributed by atoms with E-state index in [0.29, 0.717) is 5.82 Å². The number of hydrogen-bond acceptors (Lipinski definition) is 3. The van der Waals surface area contributed by atoms with Gasteiger partial charge in [-0.2, -0.15) is 5.10 Å². The Bertz CT molecular complexity index is 316. The van der Waals surface area contributed by atoms with Crippen LogP contribution in [0, 0.1) is 11.8 Å². The minimum Gasteiger partial charge on any atom is -0.321 e. The molecule has 0 radical (unpaired) electrons. The van der Waals surface area contributed by atoms with Crippen LogP contribution in [0.3, 0.4) is 0 Å². The summed E-state index contributed by atoms with van der Waals surface area (Å²) in [7, 11) is 0. The molecule has 1 aromatic rings. The lowest BCUT2D eigenvalue weighted by Crippen LogP contribution is -2.08. The van der Waals surface area contributed by atoms with Crippen LogP contribution in [0.4, 0.5) is 0 Å². The van der Waals surface area contributed by atoms with Crippen LogP contribution in [0.5, 0.6) is 0 Å². The van der Waals surface area contributed by atoms with Gasteiger partial charge in [0.15, 0.2) is 5.82 Å². The number of rotatable bonds is 3. The zero-order chi connectivity index (χ0) is 9.68. The van der Waals surface area contributed by atoms with Crippen LogP contribution in [0.1, 0.15) is 32.1 Å². The van der Waals surface area contributed by atoms with E-state index in [9.17, 15) is 0 Å². The van der Waals surface area contributed by atoms with E-state index in [0.717, 1.165) is 13.0 Å². The number of aromatic nitrogens is 3. The van der Waals surface area contributed by atoms with Crippen LogP contribution in [0.25, 0.3) is 0 Å². The molecule has 0 aliphatic carbocycles. The second-order valence-corrected chi connectivity index (χ2v) is 2.83. The van der Waals surface area contributed by atoms with Crippen molar-refractivity contribution in [1.82, 2.24) is 14.8 Å². The predicted molar refractivity (Wildman–Crippen MR) is 50.7 cm³/mol. The summed E-state index contributed by atoms with van der Waals surface area (Å²) in [6.07, 6.45) is 2.49. The molecule has 0 spiro atoms. The Labute approximate surface area is 78.2 Å². The van der Waals surface area contributed by atoms with Gasteiger partial charge in [-0.1, -0.05) is 0 Å². The van der Waals surface area contributed by atoms with Crippen molar-refractivity contribution in [3.05, 3.63) is 12.2 Å². The van der Waals surface area contributed by atoms with Crippen molar-refractivity contribution < 1.29 is 0 Å². The van der Waals surface area contributed by atoms with E-state index in [-0.39, 0.29) is 6.04 Å². The molecule has 0 aromatic carbocycles. The summed E-state index contributed by atoms with van der Waals surface area (Å²) in [6.45, 7) is 4.47. The first-order valence-electron chi connectivity index (χ1n) is 4.28. The second-order valence-electron chi connectivity index (χ2n) is 2.83. The van der Waals surface area contributed by atoms with Gasteiger partial charge < -0.3 is 5.73 Å². The first-order valence-corrected chi connectivity index (χ1v) is 4.28. The Balaban J connectivity index is 2.52. The molecule has 0 aliphatic rings. The van der Waals surface area contributed by atoms with E-state index < -0.39 is 0 Å². The van der Waals surface area contributed by atoms with Gasteiger partial charge in [0.05, 0.1) is 12.6 Å². The topological polar surface area (TPSA) is 56.7 Å². The van der Waals surface area contributed by atoms with Gasteiger partial charge >= 0.3 is 0 Å². The fraction of sp³-hybridized carbons (Fsp3) is 0.556.